The summed E-state index contributed by atoms with van der Waals surface area (Å²) < 4.78 is 71.5. The van der Waals surface area contributed by atoms with Crippen LogP contribution in [-0.2, 0) is 6.42 Å². The zero-order valence-electron chi connectivity index (χ0n) is 20.1. The third-order valence-electron chi connectivity index (χ3n) is 6.79. The van der Waals surface area contributed by atoms with Crippen molar-refractivity contribution in [2.45, 2.75) is 51.1 Å². The van der Waals surface area contributed by atoms with E-state index >= 15 is 8.78 Å². The predicted molar refractivity (Wildman–Crippen MR) is 128 cm³/mol. The highest BCUT2D eigenvalue weighted by Gasteiger charge is 2.40. The van der Waals surface area contributed by atoms with E-state index in [1.807, 2.05) is 19.1 Å². The van der Waals surface area contributed by atoms with Crippen LogP contribution in [-0.4, -0.2) is 54.6 Å². The van der Waals surface area contributed by atoms with Gasteiger partial charge in [0.05, 0.1) is 19.3 Å². The van der Waals surface area contributed by atoms with Crippen LogP contribution in [0.25, 0.3) is 6.08 Å². The van der Waals surface area contributed by atoms with Gasteiger partial charge in [-0.3, -0.25) is 14.2 Å². The molecule has 0 aliphatic carbocycles. The molecule has 7 heteroatoms. The maximum atomic E-state index is 15.5. The maximum absolute atomic E-state index is 15.5. The van der Waals surface area contributed by atoms with Crippen LogP contribution in [0.3, 0.4) is 0 Å². The van der Waals surface area contributed by atoms with E-state index in [2.05, 4.69) is 10.6 Å². The second kappa shape index (κ2) is 10.7. The molecule has 35 heavy (non-hydrogen) atoms. The molecule has 0 saturated carbocycles. The van der Waals surface area contributed by atoms with Gasteiger partial charge in [-0.15, -0.1) is 5.73 Å². The normalized spacial score (nSPS) is 21.2. The van der Waals surface area contributed by atoms with Gasteiger partial charge in [-0.05, 0) is 66.7 Å². The molecule has 1 fully saturated rings. The number of benzene rings is 2. The lowest BCUT2D eigenvalue weighted by Gasteiger charge is -2.43. The maximum Gasteiger partial charge on any atom is 0.257 e. The van der Waals surface area contributed by atoms with Crippen molar-refractivity contribution >= 4 is 6.08 Å². The molecule has 2 aliphatic heterocycles. The number of alkyl halides is 3. The fourth-order valence-electron chi connectivity index (χ4n) is 5.19. The molecular weight excluding hydrogens is 459 g/mol. The van der Waals surface area contributed by atoms with Gasteiger partial charge in [-0.25, -0.2) is 17.6 Å². The minimum Gasteiger partial charge on any atom is -0.298 e. The summed E-state index contributed by atoms with van der Waals surface area (Å²) in [6.07, 6.45) is 3.35. The van der Waals surface area contributed by atoms with E-state index in [9.17, 15) is 13.2 Å². The van der Waals surface area contributed by atoms with Gasteiger partial charge in [0.1, 0.15) is 11.6 Å². The molecule has 0 amide bonds. The highest BCUT2D eigenvalue weighted by Crippen LogP contribution is 2.41. The first-order chi connectivity index (χ1) is 16.7. The lowest BCUT2D eigenvalue weighted by atomic mass is 9.84. The number of rotatable bonds is 7. The molecule has 2 nitrogen and oxygen atoms in total. The number of likely N-dealkylation sites (tertiary alicyclic amines) is 1. The Hall–Kier alpha value is -2.47. The van der Waals surface area contributed by atoms with Crippen LogP contribution >= 0.6 is 0 Å². The van der Waals surface area contributed by atoms with E-state index in [0.717, 1.165) is 31.0 Å². The van der Waals surface area contributed by atoms with Gasteiger partial charge in [0, 0.05) is 38.2 Å². The first-order valence-electron chi connectivity index (χ1n) is 12.1. The van der Waals surface area contributed by atoms with Gasteiger partial charge in [-0.2, -0.15) is 0 Å². The van der Waals surface area contributed by atoms with Gasteiger partial charge in [0.15, 0.2) is 0 Å². The Morgan fingerprint density at radius 3 is 2.54 bits per heavy atom. The van der Waals surface area contributed by atoms with Crippen molar-refractivity contribution in [2.75, 3.05) is 32.9 Å². The Balaban J connectivity index is 1.68. The van der Waals surface area contributed by atoms with Gasteiger partial charge in [-0.1, -0.05) is 24.3 Å². The largest absolute Gasteiger partial charge is 0.298 e. The second-order valence-electron chi connectivity index (χ2n) is 9.76. The van der Waals surface area contributed by atoms with E-state index in [-0.39, 0.29) is 18.3 Å². The van der Waals surface area contributed by atoms with Gasteiger partial charge >= 0.3 is 0 Å². The van der Waals surface area contributed by atoms with Crippen LogP contribution in [0.2, 0.25) is 0 Å². The molecule has 0 spiro atoms. The van der Waals surface area contributed by atoms with Crippen LogP contribution < -0.4 is 0 Å². The number of halogens is 5. The van der Waals surface area contributed by atoms with Crippen molar-refractivity contribution in [3.05, 3.63) is 81.6 Å². The Bertz CT molecular complexity index is 1090. The molecule has 2 aliphatic rings. The zero-order chi connectivity index (χ0) is 25.2. The average molecular weight is 491 g/mol. The van der Waals surface area contributed by atoms with Crippen LogP contribution in [0.5, 0.6) is 0 Å². The number of fused-ring (bicyclic) bond motifs is 1. The van der Waals surface area contributed by atoms with Crippen molar-refractivity contribution in [1.29, 1.82) is 0 Å². The molecule has 2 aromatic carbocycles. The van der Waals surface area contributed by atoms with Crippen molar-refractivity contribution in [2.24, 2.45) is 0 Å². The van der Waals surface area contributed by atoms with Crippen molar-refractivity contribution < 1.29 is 22.0 Å². The molecule has 1 unspecified atom stereocenters. The highest BCUT2D eigenvalue weighted by atomic mass is 19.3. The zero-order valence-corrected chi connectivity index (χ0v) is 20.1. The molecule has 4 rings (SSSR count). The van der Waals surface area contributed by atoms with Gasteiger partial charge in [0.2, 0.25) is 0 Å². The lowest BCUT2D eigenvalue weighted by Crippen LogP contribution is -2.47. The fourth-order valence-corrected chi connectivity index (χ4v) is 5.19. The van der Waals surface area contributed by atoms with E-state index in [1.54, 1.807) is 18.2 Å². The summed E-state index contributed by atoms with van der Waals surface area (Å²) in [4.78, 5) is 3.63. The van der Waals surface area contributed by atoms with Crippen molar-refractivity contribution in [1.82, 2.24) is 9.80 Å². The molecule has 0 bridgehead atoms. The quantitative estimate of drug-likeness (QED) is 0.320. The van der Waals surface area contributed by atoms with E-state index in [0.29, 0.717) is 37.1 Å². The Kier molecular flexibility index (Phi) is 7.80. The minimum atomic E-state index is -3.01. The van der Waals surface area contributed by atoms with E-state index < -0.39 is 30.1 Å². The molecule has 188 valence electrons. The Morgan fingerprint density at radius 2 is 1.86 bits per heavy atom. The summed E-state index contributed by atoms with van der Waals surface area (Å²) in [6.45, 7) is 3.84. The standard InChI is InChI=1S/C28H31F5N2/c1-19-14-22-6-3-4-7-23(22)27(35(19)18-28(2,32)33)26-24(30)15-21(16-25(26)31)9-8-20-10-13-34(17-20)12-5-11-29/h3-4,6-7,9,15-16,19,27H,5,10-14,17-18H2,1-2H3/t8?,19-,27?/m1/s1. The molecule has 0 radical (unpaired) electrons. The third-order valence-corrected chi connectivity index (χ3v) is 6.79. The minimum absolute atomic E-state index is 0.212. The molecule has 2 heterocycles. The summed E-state index contributed by atoms with van der Waals surface area (Å²) in [5, 5.41) is 0. The molecule has 2 aromatic rings. The van der Waals surface area contributed by atoms with Crippen molar-refractivity contribution in [3.8, 4) is 0 Å². The number of nitrogens with zero attached hydrogens (tertiary/aromatic N) is 2. The topological polar surface area (TPSA) is 6.48 Å². The monoisotopic (exact) mass is 490 g/mol. The van der Waals surface area contributed by atoms with Crippen LogP contribution in [0, 0.1) is 11.6 Å². The van der Waals surface area contributed by atoms with E-state index in [4.69, 9.17) is 0 Å². The van der Waals surface area contributed by atoms with Crippen LogP contribution in [0.1, 0.15) is 55.0 Å². The second-order valence-corrected chi connectivity index (χ2v) is 9.76. The summed E-state index contributed by atoms with van der Waals surface area (Å²) >= 11 is 0. The Labute approximate surface area is 203 Å². The van der Waals surface area contributed by atoms with E-state index in [1.165, 1.54) is 17.0 Å². The molecular formula is C28H31F5N2. The van der Waals surface area contributed by atoms with Gasteiger partial charge < -0.3 is 0 Å². The van der Waals surface area contributed by atoms with Crippen LogP contribution in [0.4, 0.5) is 22.0 Å². The molecule has 2 atom stereocenters. The first kappa shape index (κ1) is 25.6. The molecule has 1 saturated heterocycles. The molecule has 0 N–H and O–H groups in total. The third kappa shape index (κ3) is 6.03. The fraction of sp³-hybridized carbons (Fsp3) is 0.464. The summed E-state index contributed by atoms with van der Waals surface area (Å²) in [6, 6.07) is 8.49. The van der Waals surface area contributed by atoms with Gasteiger partial charge in [0.25, 0.3) is 5.92 Å². The summed E-state index contributed by atoms with van der Waals surface area (Å²) in [7, 11) is 0. The number of hydrogen-bond donors (Lipinski definition) is 0. The first-order valence-corrected chi connectivity index (χ1v) is 12.1. The lowest BCUT2D eigenvalue weighted by molar-refractivity contribution is -0.0371. The SMILES string of the molecule is C[C@@H]1Cc2ccccc2C(c2c(F)cc(C=C=C3CCN(CCCF)C3)cc2F)N1CC(C)(F)F. The summed E-state index contributed by atoms with van der Waals surface area (Å²) in [5.74, 6) is -4.55. The predicted octanol–water partition coefficient (Wildman–Crippen LogP) is 6.56. The summed E-state index contributed by atoms with van der Waals surface area (Å²) in [5.41, 5.74) is 5.80. The highest BCUT2D eigenvalue weighted by molar-refractivity contribution is 5.52. The average Bonchev–Trinajstić information content (AvgIpc) is 3.24. The Morgan fingerprint density at radius 1 is 1.14 bits per heavy atom. The smallest absolute Gasteiger partial charge is 0.257 e. The molecule has 0 aromatic heterocycles. The van der Waals surface area contributed by atoms with Crippen molar-refractivity contribution in [3.63, 3.8) is 0 Å². The number of hydrogen-bond acceptors (Lipinski definition) is 2. The van der Waals surface area contributed by atoms with Crippen LogP contribution in [0.15, 0.2) is 47.7 Å².